The number of fused-ring (bicyclic) bond motifs is 3. The summed E-state index contributed by atoms with van der Waals surface area (Å²) in [6.07, 6.45) is 6.83. The van der Waals surface area contributed by atoms with Gasteiger partial charge in [-0.1, -0.05) is 6.92 Å². The molecule has 4 rings (SSSR count). The van der Waals surface area contributed by atoms with E-state index in [0.717, 1.165) is 48.7 Å². The third kappa shape index (κ3) is 4.87. The van der Waals surface area contributed by atoms with Crippen molar-refractivity contribution in [3.05, 3.63) is 26.6 Å². The maximum Gasteiger partial charge on any atom is 0.305 e. The van der Waals surface area contributed by atoms with E-state index in [-0.39, 0.29) is 18.1 Å². The van der Waals surface area contributed by atoms with E-state index in [2.05, 4.69) is 9.88 Å². The van der Waals surface area contributed by atoms with Crippen LogP contribution in [0.2, 0.25) is 0 Å². The van der Waals surface area contributed by atoms with Gasteiger partial charge in [-0.2, -0.15) is 0 Å². The van der Waals surface area contributed by atoms with Crippen LogP contribution < -0.4 is 5.56 Å². The maximum absolute atomic E-state index is 12.7. The van der Waals surface area contributed by atoms with Crippen LogP contribution >= 0.6 is 11.3 Å². The van der Waals surface area contributed by atoms with Crippen molar-refractivity contribution in [1.82, 2.24) is 14.9 Å². The zero-order valence-electron chi connectivity index (χ0n) is 16.9. The molecular formula is C21H29N3O4S. The Balaban J connectivity index is 1.45. The number of aliphatic hydroxyl groups excluding tert-OH is 1. The van der Waals surface area contributed by atoms with Crippen molar-refractivity contribution >= 4 is 27.5 Å². The zero-order valence-corrected chi connectivity index (χ0v) is 17.7. The average Bonchev–Trinajstić information content (AvgIpc) is 3.46. The Morgan fingerprint density at radius 1 is 1.38 bits per heavy atom. The number of aliphatic hydroxyl groups is 1. The fourth-order valence-electron chi connectivity index (χ4n) is 4.05. The number of carbonyl (C=O) groups is 1. The number of rotatable bonds is 9. The lowest BCUT2D eigenvalue weighted by atomic mass is 9.97. The Hall–Kier alpha value is -1.77. The van der Waals surface area contributed by atoms with Gasteiger partial charge < -0.3 is 14.8 Å². The first kappa shape index (κ1) is 20.5. The highest BCUT2D eigenvalue weighted by molar-refractivity contribution is 7.18. The summed E-state index contributed by atoms with van der Waals surface area (Å²) in [5.41, 5.74) is 1.15. The fourth-order valence-corrected chi connectivity index (χ4v) is 5.33. The van der Waals surface area contributed by atoms with Gasteiger partial charge in [0.25, 0.3) is 5.56 Å². The molecule has 8 heteroatoms. The maximum atomic E-state index is 12.7. The number of esters is 1. The molecule has 7 nitrogen and oxygen atoms in total. The molecule has 2 aromatic rings. The standard InChI is InChI=1S/C21H29N3O4S/c1-2-5-18(26)28-12-14(25)10-24(13-8-9-13)11-17-22-20(27)19-15-6-3-4-7-16(15)29-21(19)23-17/h13-14,25H,2-12H2,1H3,(H,22,23,27)/t14-/m0/s1. The SMILES string of the molecule is CCCC(=O)OC[C@@H](O)CN(Cc1nc2sc3c(c2c(=O)[nH]1)CCCC3)C1CC1. The first-order chi connectivity index (χ1) is 14.0. The minimum Gasteiger partial charge on any atom is -0.463 e. The van der Waals surface area contributed by atoms with Gasteiger partial charge in [0.1, 0.15) is 23.4 Å². The van der Waals surface area contributed by atoms with Crippen molar-refractivity contribution < 1.29 is 14.6 Å². The smallest absolute Gasteiger partial charge is 0.305 e. The van der Waals surface area contributed by atoms with Crippen LogP contribution in [0.3, 0.4) is 0 Å². The molecule has 1 fully saturated rings. The van der Waals surface area contributed by atoms with E-state index in [4.69, 9.17) is 9.72 Å². The Kier molecular flexibility index (Phi) is 6.32. The summed E-state index contributed by atoms with van der Waals surface area (Å²) in [7, 11) is 0. The van der Waals surface area contributed by atoms with Crippen LogP contribution in [-0.2, 0) is 28.9 Å². The fraction of sp³-hybridized carbons (Fsp3) is 0.667. The van der Waals surface area contributed by atoms with E-state index in [9.17, 15) is 14.7 Å². The molecule has 0 amide bonds. The monoisotopic (exact) mass is 419 g/mol. The molecule has 0 unspecified atom stereocenters. The lowest BCUT2D eigenvalue weighted by Crippen LogP contribution is -2.37. The van der Waals surface area contributed by atoms with Crippen LogP contribution in [0.15, 0.2) is 4.79 Å². The number of thiophene rings is 1. The molecule has 0 aliphatic heterocycles. The van der Waals surface area contributed by atoms with E-state index in [0.29, 0.717) is 31.4 Å². The molecule has 0 saturated heterocycles. The predicted octanol–water partition coefficient (Wildman–Crippen LogP) is 2.53. The summed E-state index contributed by atoms with van der Waals surface area (Å²) in [5.74, 6) is 0.366. The minimum atomic E-state index is -0.749. The van der Waals surface area contributed by atoms with Crippen molar-refractivity contribution in [2.75, 3.05) is 13.2 Å². The van der Waals surface area contributed by atoms with Crippen LogP contribution in [0.5, 0.6) is 0 Å². The van der Waals surface area contributed by atoms with E-state index >= 15 is 0 Å². The van der Waals surface area contributed by atoms with Gasteiger partial charge in [-0.3, -0.25) is 14.5 Å². The number of aromatic nitrogens is 2. The van der Waals surface area contributed by atoms with Gasteiger partial charge in [-0.05, 0) is 50.5 Å². The summed E-state index contributed by atoms with van der Waals surface area (Å²) in [6, 6.07) is 0.383. The third-order valence-corrected chi connectivity index (χ3v) is 6.81. The van der Waals surface area contributed by atoms with Gasteiger partial charge in [-0.25, -0.2) is 4.98 Å². The van der Waals surface area contributed by atoms with Crippen molar-refractivity contribution in [1.29, 1.82) is 0 Å². The molecular weight excluding hydrogens is 390 g/mol. The van der Waals surface area contributed by atoms with Crippen molar-refractivity contribution in [2.45, 2.75) is 77.0 Å². The van der Waals surface area contributed by atoms with E-state index in [1.807, 2.05) is 6.92 Å². The van der Waals surface area contributed by atoms with E-state index < -0.39 is 6.10 Å². The lowest BCUT2D eigenvalue weighted by Gasteiger charge is -2.24. The van der Waals surface area contributed by atoms with Gasteiger partial charge in [-0.15, -0.1) is 11.3 Å². The number of aromatic amines is 1. The molecule has 2 aromatic heterocycles. The molecule has 2 heterocycles. The molecule has 1 atom stereocenters. The van der Waals surface area contributed by atoms with E-state index in [1.165, 1.54) is 16.9 Å². The van der Waals surface area contributed by atoms with Crippen LogP contribution in [0.25, 0.3) is 10.2 Å². The Bertz CT molecular complexity index is 934. The number of hydrogen-bond donors (Lipinski definition) is 2. The van der Waals surface area contributed by atoms with Crippen LogP contribution in [0.4, 0.5) is 0 Å². The normalized spacial score (nSPS) is 17.5. The van der Waals surface area contributed by atoms with Crippen LogP contribution in [0, 0.1) is 0 Å². The summed E-state index contributed by atoms with van der Waals surface area (Å²) < 4.78 is 5.13. The number of ether oxygens (including phenoxy) is 1. The molecule has 2 N–H and O–H groups in total. The molecule has 2 aliphatic rings. The summed E-state index contributed by atoms with van der Waals surface area (Å²) in [6.45, 7) is 2.80. The number of nitrogens with zero attached hydrogens (tertiary/aromatic N) is 2. The molecule has 158 valence electrons. The van der Waals surface area contributed by atoms with Crippen LogP contribution in [0.1, 0.15) is 61.7 Å². The molecule has 0 bridgehead atoms. The van der Waals surface area contributed by atoms with Gasteiger partial charge >= 0.3 is 5.97 Å². The van der Waals surface area contributed by atoms with Crippen LogP contribution in [-0.4, -0.2) is 51.2 Å². The summed E-state index contributed by atoms with van der Waals surface area (Å²) >= 11 is 1.65. The van der Waals surface area contributed by atoms with Crippen molar-refractivity contribution in [3.8, 4) is 0 Å². The largest absolute Gasteiger partial charge is 0.463 e. The highest BCUT2D eigenvalue weighted by Gasteiger charge is 2.31. The van der Waals surface area contributed by atoms with E-state index in [1.54, 1.807) is 11.3 Å². The van der Waals surface area contributed by atoms with Gasteiger partial charge in [0.05, 0.1) is 11.9 Å². The molecule has 2 aliphatic carbocycles. The third-order valence-electron chi connectivity index (χ3n) is 5.63. The van der Waals surface area contributed by atoms with Gasteiger partial charge in [0, 0.05) is 23.9 Å². The Morgan fingerprint density at radius 2 is 2.17 bits per heavy atom. The van der Waals surface area contributed by atoms with Gasteiger partial charge in [0.15, 0.2) is 0 Å². The number of aryl methyl sites for hydroxylation is 2. The second-order valence-electron chi connectivity index (χ2n) is 8.15. The highest BCUT2D eigenvalue weighted by atomic mass is 32.1. The number of carbonyl (C=O) groups excluding carboxylic acids is 1. The lowest BCUT2D eigenvalue weighted by molar-refractivity contribution is -0.147. The van der Waals surface area contributed by atoms with Gasteiger partial charge in [0.2, 0.25) is 0 Å². The predicted molar refractivity (Wildman–Crippen MR) is 112 cm³/mol. The minimum absolute atomic E-state index is 0.00266. The average molecular weight is 420 g/mol. The quantitative estimate of drug-likeness (QED) is 0.607. The Labute approximate surface area is 174 Å². The Morgan fingerprint density at radius 3 is 2.93 bits per heavy atom. The molecule has 29 heavy (non-hydrogen) atoms. The molecule has 1 saturated carbocycles. The van der Waals surface area contributed by atoms with Crippen molar-refractivity contribution in [3.63, 3.8) is 0 Å². The first-order valence-corrected chi connectivity index (χ1v) is 11.5. The summed E-state index contributed by atoms with van der Waals surface area (Å²) in [4.78, 5) is 36.3. The highest BCUT2D eigenvalue weighted by Crippen LogP contribution is 2.34. The molecule has 0 radical (unpaired) electrons. The first-order valence-electron chi connectivity index (χ1n) is 10.7. The zero-order chi connectivity index (χ0) is 20.4. The summed E-state index contributed by atoms with van der Waals surface area (Å²) in [5, 5.41) is 11.1. The second kappa shape index (κ2) is 8.93. The number of H-pyrrole nitrogens is 1. The second-order valence-corrected chi connectivity index (χ2v) is 9.23. The number of hydrogen-bond acceptors (Lipinski definition) is 7. The number of nitrogens with one attached hydrogen (secondary N) is 1. The van der Waals surface area contributed by atoms with Crippen molar-refractivity contribution in [2.24, 2.45) is 0 Å². The molecule has 0 aromatic carbocycles. The molecule has 0 spiro atoms. The topological polar surface area (TPSA) is 95.5 Å².